The van der Waals surface area contributed by atoms with E-state index in [4.69, 9.17) is 0 Å². The van der Waals surface area contributed by atoms with Gasteiger partial charge in [0.15, 0.2) is 0 Å². The molecule has 0 fully saturated rings. The molecular formula is C18H18. The highest BCUT2D eigenvalue weighted by molar-refractivity contribution is 5.49. The molecule has 0 saturated heterocycles. The van der Waals surface area contributed by atoms with Crippen molar-refractivity contribution in [1.82, 2.24) is 0 Å². The number of hydrogen-bond donors (Lipinski definition) is 0. The Labute approximate surface area is 109 Å². The molecule has 0 bridgehead atoms. The van der Waals surface area contributed by atoms with Crippen LogP contribution in [0.5, 0.6) is 0 Å². The predicted molar refractivity (Wildman–Crippen MR) is 80.3 cm³/mol. The van der Waals surface area contributed by atoms with Gasteiger partial charge in [-0.15, -0.1) is 0 Å². The van der Waals surface area contributed by atoms with E-state index in [2.05, 4.69) is 67.3 Å². The van der Waals surface area contributed by atoms with E-state index in [1.165, 1.54) is 16.7 Å². The Balaban J connectivity index is 1.84. The number of hydrogen-bond acceptors (Lipinski definition) is 0. The first-order chi connectivity index (χ1) is 8.88. The zero-order valence-corrected chi connectivity index (χ0v) is 10.5. The summed E-state index contributed by atoms with van der Waals surface area (Å²) in [6, 6.07) is 19.0. The van der Waals surface area contributed by atoms with E-state index < -0.39 is 0 Å². The van der Waals surface area contributed by atoms with Crippen LogP contribution < -0.4 is 0 Å². The molecule has 18 heavy (non-hydrogen) atoms. The second-order valence-corrected chi connectivity index (χ2v) is 4.30. The van der Waals surface area contributed by atoms with Crippen molar-refractivity contribution in [3.05, 3.63) is 83.9 Å². The summed E-state index contributed by atoms with van der Waals surface area (Å²) in [4.78, 5) is 0. The predicted octanol–water partition coefficient (Wildman–Crippen LogP) is 4.98. The standard InChI is InChI=1S/C18H18/c1-2-16-12-14-18(15-13-16)11-7-6-10-17-8-4-3-5-9-17/h2-6,8-10,12-15H,1,7,11H2. The molecule has 90 valence electrons. The van der Waals surface area contributed by atoms with Gasteiger partial charge in [-0.1, -0.05) is 79.4 Å². The third kappa shape index (κ3) is 3.74. The summed E-state index contributed by atoms with van der Waals surface area (Å²) in [6.45, 7) is 3.76. The van der Waals surface area contributed by atoms with E-state index in [1.807, 2.05) is 12.1 Å². The minimum absolute atomic E-state index is 1.07. The van der Waals surface area contributed by atoms with Crippen molar-refractivity contribution in [3.8, 4) is 0 Å². The van der Waals surface area contributed by atoms with E-state index in [1.54, 1.807) is 0 Å². The van der Waals surface area contributed by atoms with Crippen LogP contribution in [0, 0.1) is 0 Å². The molecule has 0 heterocycles. The van der Waals surface area contributed by atoms with Gasteiger partial charge in [0.05, 0.1) is 0 Å². The fraction of sp³-hybridized carbons (Fsp3) is 0.111. The van der Waals surface area contributed by atoms with Gasteiger partial charge >= 0.3 is 0 Å². The molecular weight excluding hydrogens is 216 g/mol. The highest BCUT2D eigenvalue weighted by Gasteiger charge is 1.91. The van der Waals surface area contributed by atoms with Crippen LogP contribution in [0.2, 0.25) is 0 Å². The van der Waals surface area contributed by atoms with E-state index in [-0.39, 0.29) is 0 Å². The Kier molecular flexibility index (Phi) is 4.54. The molecule has 0 unspecified atom stereocenters. The maximum atomic E-state index is 3.76. The third-order valence-corrected chi connectivity index (χ3v) is 2.92. The number of benzene rings is 2. The summed E-state index contributed by atoms with van der Waals surface area (Å²) in [5.41, 5.74) is 3.82. The quantitative estimate of drug-likeness (QED) is 0.684. The van der Waals surface area contributed by atoms with Crippen LogP contribution in [-0.4, -0.2) is 0 Å². The van der Waals surface area contributed by atoms with Crippen molar-refractivity contribution in [2.24, 2.45) is 0 Å². The van der Waals surface area contributed by atoms with E-state index in [0.29, 0.717) is 0 Å². The fourth-order valence-electron chi connectivity index (χ4n) is 1.85. The summed E-state index contributed by atoms with van der Waals surface area (Å²) < 4.78 is 0. The van der Waals surface area contributed by atoms with E-state index >= 15 is 0 Å². The molecule has 0 atom stereocenters. The molecule has 0 nitrogen and oxygen atoms in total. The SMILES string of the molecule is C=Cc1ccc(CCC=Cc2ccccc2)cc1. The van der Waals surface area contributed by atoms with Crippen LogP contribution in [0.4, 0.5) is 0 Å². The van der Waals surface area contributed by atoms with Crippen LogP contribution >= 0.6 is 0 Å². The Morgan fingerprint density at radius 1 is 0.833 bits per heavy atom. The van der Waals surface area contributed by atoms with Crippen LogP contribution in [0.15, 0.2) is 67.3 Å². The summed E-state index contributed by atoms with van der Waals surface area (Å²) in [5.74, 6) is 0. The molecule has 2 rings (SSSR count). The van der Waals surface area contributed by atoms with Crippen molar-refractivity contribution in [2.45, 2.75) is 12.8 Å². The normalized spacial score (nSPS) is 10.7. The average molecular weight is 234 g/mol. The van der Waals surface area contributed by atoms with Crippen molar-refractivity contribution in [1.29, 1.82) is 0 Å². The maximum Gasteiger partial charge on any atom is -0.0244 e. The first-order valence-electron chi connectivity index (χ1n) is 6.31. The molecule has 0 spiro atoms. The summed E-state index contributed by atoms with van der Waals surface area (Å²) in [6.07, 6.45) is 8.44. The Morgan fingerprint density at radius 2 is 1.56 bits per heavy atom. The molecule has 0 aliphatic heterocycles. The lowest BCUT2D eigenvalue weighted by atomic mass is 10.1. The van der Waals surface area contributed by atoms with Crippen molar-refractivity contribution >= 4 is 12.2 Å². The highest BCUT2D eigenvalue weighted by Crippen LogP contribution is 2.09. The van der Waals surface area contributed by atoms with E-state index in [9.17, 15) is 0 Å². The van der Waals surface area contributed by atoms with Gasteiger partial charge in [0.2, 0.25) is 0 Å². The van der Waals surface area contributed by atoms with Crippen LogP contribution in [-0.2, 0) is 6.42 Å². The van der Waals surface area contributed by atoms with Gasteiger partial charge in [0.1, 0.15) is 0 Å². The highest BCUT2D eigenvalue weighted by atomic mass is 14.0. The Morgan fingerprint density at radius 3 is 2.22 bits per heavy atom. The smallest absolute Gasteiger partial charge is 0.0244 e. The van der Waals surface area contributed by atoms with Gasteiger partial charge in [-0.2, -0.15) is 0 Å². The van der Waals surface area contributed by atoms with Gasteiger partial charge in [-0.25, -0.2) is 0 Å². The van der Waals surface area contributed by atoms with E-state index in [0.717, 1.165) is 12.8 Å². The molecule has 2 aromatic rings. The zero-order valence-electron chi connectivity index (χ0n) is 10.5. The van der Waals surface area contributed by atoms with Gasteiger partial charge in [0.25, 0.3) is 0 Å². The molecule has 0 radical (unpaired) electrons. The van der Waals surface area contributed by atoms with Crippen molar-refractivity contribution in [2.75, 3.05) is 0 Å². The average Bonchev–Trinajstić information content (AvgIpc) is 2.45. The Bertz CT molecular complexity index is 503. The van der Waals surface area contributed by atoms with Crippen molar-refractivity contribution in [3.63, 3.8) is 0 Å². The second kappa shape index (κ2) is 6.61. The molecule has 0 heteroatoms. The maximum absolute atomic E-state index is 3.76. The van der Waals surface area contributed by atoms with Crippen LogP contribution in [0.3, 0.4) is 0 Å². The molecule has 0 aromatic heterocycles. The monoisotopic (exact) mass is 234 g/mol. The number of rotatable bonds is 5. The van der Waals surface area contributed by atoms with Crippen LogP contribution in [0.1, 0.15) is 23.1 Å². The largest absolute Gasteiger partial charge is 0.0985 e. The third-order valence-electron chi connectivity index (χ3n) is 2.92. The molecule has 0 aliphatic rings. The molecule has 0 N–H and O–H groups in total. The first kappa shape index (κ1) is 12.4. The topological polar surface area (TPSA) is 0 Å². The first-order valence-corrected chi connectivity index (χ1v) is 6.31. The van der Waals surface area contributed by atoms with Gasteiger partial charge in [-0.3, -0.25) is 0 Å². The lowest BCUT2D eigenvalue weighted by molar-refractivity contribution is 1.01. The molecule has 0 aliphatic carbocycles. The Hall–Kier alpha value is -2.08. The zero-order chi connectivity index (χ0) is 12.6. The lowest BCUT2D eigenvalue weighted by Gasteiger charge is -1.99. The second-order valence-electron chi connectivity index (χ2n) is 4.30. The van der Waals surface area contributed by atoms with Gasteiger partial charge in [-0.05, 0) is 29.5 Å². The minimum Gasteiger partial charge on any atom is -0.0985 e. The summed E-state index contributed by atoms with van der Waals surface area (Å²) in [7, 11) is 0. The van der Waals surface area contributed by atoms with Crippen molar-refractivity contribution < 1.29 is 0 Å². The number of aryl methyl sites for hydroxylation is 1. The minimum atomic E-state index is 1.07. The van der Waals surface area contributed by atoms with Gasteiger partial charge < -0.3 is 0 Å². The fourth-order valence-corrected chi connectivity index (χ4v) is 1.85. The molecule has 0 saturated carbocycles. The van der Waals surface area contributed by atoms with Gasteiger partial charge in [0, 0.05) is 0 Å². The summed E-state index contributed by atoms with van der Waals surface area (Å²) >= 11 is 0. The number of allylic oxidation sites excluding steroid dienone is 1. The molecule has 2 aromatic carbocycles. The lowest BCUT2D eigenvalue weighted by Crippen LogP contribution is -1.83. The molecule has 0 amide bonds. The van der Waals surface area contributed by atoms with Crippen LogP contribution in [0.25, 0.3) is 12.2 Å². The summed E-state index contributed by atoms with van der Waals surface area (Å²) in [5, 5.41) is 0.